The molecule has 0 aliphatic heterocycles. The summed E-state index contributed by atoms with van der Waals surface area (Å²) in [5.41, 5.74) is 6.60. The second-order valence-corrected chi connectivity index (χ2v) is 10.2. The molecule has 1 aliphatic carbocycles. The smallest absolute Gasteiger partial charge is 0.243 e. The van der Waals surface area contributed by atoms with Crippen LogP contribution >= 0.6 is 0 Å². The molecule has 1 fully saturated rings. The molecular weight excluding hydrogens is 444 g/mol. The quantitative estimate of drug-likeness (QED) is 0.416. The van der Waals surface area contributed by atoms with Crippen molar-refractivity contribution in [2.24, 2.45) is 0 Å². The van der Waals surface area contributed by atoms with Gasteiger partial charge in [0.25, 0.3) is 0 Å². The summed E-state index contributed by atoms with van der Waals surface area (Å²) in [4.78, 5) is 29.5. The highest BCUT2D eigenvalue weighted by molar-refractivity contribution is 5.89. The highest BCUT2D eigenvalue weighted by atomic mass is 16.2. The number of hydrogen-bond donors (Lipinski definition) is 1. The summed E-state index contributed by atoms with van der Waals surface area (Å²) >= 11 is 0. The Hall–Kier alpha value is -3.40. The summed E-state index contributed by atoms with van der Waals surface area (Å²) in [5.74, 6) is -0.0724. The molecule has 1 aliphatic rings. The number of nitrogens with one attached hydrogen (secondary N) is 1. The third-order valence-electron chi connectivity index (χ3n) is 7.50. The lowest BCUT2D eigenvalue weighted by atomic mass is 9.99. The van der Waals surface area contributed by atoms with E-state index in [1.54, 1.807) is 0 Å². The molecule has 4 heteroatoms. The van der Waals surface area contributed by atoms with Gasteiger partial charge in [0, 0.05) is 19.0 Å². The molecule has 4 nitrogen and oxygen atoms in total. The fraction of sp³-hybridized carbons (Fsp3) is 0.375. The van der Waals surface area contributed by atoms with Gasteiger partial charge in [-0.2, -0.15) is 0 Å². The number of aryl methyl sites for hydroxylation is 3. The van der Waals surface area contributed by atoms with Crippen LogP contribution in [0.1, 0.15) is 59.1 Å². The Bertz CT molecular complexity index is 1180. The number of rotatable bonds is 9. The fourth-order valence-electron chi connectivity index (χ4n) is 5.08. The maximum absolute atomic E-state index is 13.9. The number of benzene rings is 3. The van der Waals surface area contributed by atoms with Crippen LogP contribution in [-0.4, -0.2) is 28.8 Å². The van der Waals surface area contributed by atoms with Crippen LogP contribution in [0.4, 0.5) is 0 Å². The lowest BCUT2D eigenvalue weighted by Gasteiger charge is -2.33. The molecule has 0 radical (unpaired) electrons. The van der Waals surface area contributed by atoms with Crippen molar-refractivity contribution in [3.8, 4) is 0 Å². The maximum Gasteiger partial charge on any atom is 0.243 e. The van der Waals surface area contributed by atoms with Crippen molar-refractivity contribution in [3.05, 3.63) is 106 Å². The van der Waals surface area contributed by atoms with E-state index in [1.165, 1.54) is 11.1 Å². The van der Waals surface area contributed by atoms with Crippen molar-refractivity contribution < 1.29 is 9.59 Å². The molecule has 1 N–H and O–H groups in total. The number of amides is 2. The van der Waals surface area contributed by atoms with Crippen LogP contribution in [0, 0.1) is 20.8 Å². The van der Waals surface area contributed by atoms with Crippen molar-refractivity contribution in [3.63, 3.8) is 0 Å². The minimum absolute atomic E-state index is 0.0241. The number of carbonyl (C=O) groups is 2. The van der Waals surface area contributed by atoms with Gasteiger partial charge in [-0.25, -0.2) is 0 Å². The molecule has 0 bridgehead atoms. The van der Waals surface area contributed by atoms with Gasteiger partial charge in [-0.3, -0.25) is 9.59 Å². The first-order valence-corrected chi connectivity index (χ1v) is 13.1. The number of nitrogens with zero attached hydrogens (tertiary/aromatic N) is 1. The zero-order chi connectivity index (χ0) is 25.5. The summed E-state index contributed by atoms with van der Waals surface area (Å²) in [6.45, 7) is 6.62. The molecule has 1 atom stereocenters. The molecule has 0 saturated heterocycles. The van der Waals surface area contributed by atoms with E-state index in [4.69, 9.17) is 0 Å². The van der Waals surface area contributed by atoms with E-state index in [2.05, 4.69) is 50.4 Å². The average molecular weight is 483 g/mol. The molecular formula is C32H38N2O2. The molecule has 0 spiro atoms. The zero-order valence-electron chi connectivity index (χ0n) is 21.8. The van der Waals surface area contributed by atoms with Crippen LogP contribution in [0.25, 0.3) is 0 Å². The van der Waals surface area contributed by atoms with E-state index < -0.39 is 6.04 Å². The Morgan fingerprint density at radius 3 is 2.22 bits per heavy atom. The van der Waals surface area contributed by atoms with Crippen molar-refractivity contribution in [1.29, 1.82) is 0 Å². The lowest BCUT2D eigenvalue weighted by Crippen LogP contribution is -2.52. The normalized spacial score (nSPS) is 14.4. The van der Waals surface area contributed by atoms with E-state index >= 15 is 0 Å². The van der Waals surface area contributed by atoms with E-state index in [0.29, 0.717) is 13.0 Å². The Kier molecular flexibility index (Phi) is 8.58. The number of hydrogen-bond acceptors (Lipinski definition) is 2. The Labute approximate surface area is 215 Å². The largest absolute Gasteiger partial charge is 0.352 e. The molecule has 1 saturated carbocycles. The van der Waals surface area contributed by atoms with Crippen LogP contribution in [0.2, 0.25) is 0 Å². The SMILES string of the molecule is Cc1ccc(CC(=O)N(Cc2ccccc2C)[C@@H](Cc2ccccc2)C(=O)NC2CCCC2)cc1C. The van der Waals surface area contributed by atoms with E-state index in [1.807, 2.05) is 53.4 Å². The van der Waals surface area contributed by atoms with Gasteiger partial charge >= 0.3 is 0 Å². The van der Waals surface area contributed by atoms with Crippen molar-refractivity contribution in [2.75, 3.05) is 0 Å². The third-order valence-corrected chi connectivity index (χ3v) is 7.50. The van der Waals surface area contributed by atoms with Crippen molar-refractivity contribution >= 4 is 11.8 Å². The highest BCUT2D eigenvalue weighted by Crippen LogP contribution is 2.22. The van der Waals surface area contributed by atoms with Gasteiger partial charge in [-0.15, -0.1) is 0 Å². The van der Waals surface area contributed by atoms with Crippen LogP contribution in [-0.2, 0) is 29.0 Å². The van der Waals surface area contributed by atoms with Crippen LogP contribution in [0.15, 0.2) is 72.8 Å². The van der Waals surface area contributed by atoms with Crippen molar-refractivity contribution in [2.45, 2.75) is 77.9 Å². The van der Waals surface area contributed by atoms with Crippen molar-refractivity contribution in [1.82, 2.24) is 10.2 Å². The van der Waals surface area contributed by atoms with Crippen LogP contribution in [0.5, 0.6) is 0 Å². The highest BCUT2D eigenvalue weighted by Gasteiger charge is 2.32. The summed E-state index contributed by atoms with van der Waals surface area (Å²) in [7, 11) is 0. The molecule has 3 aromatic rings. The predicted octanol–water partition coefficient (Wildman–Crippen LogP) is 5.85. The zero-order valence-corrected chi connectivity index (χ0v) is 21.8. The minimum atomic E-state index is -0.577. The maximum atomic E-state index is 13.9. The standard InChI is InChI=1S/C32H38N2O2/c1-23-17-18-27(19-25(23)3)21-31(35)34(22-28-14-8-7-11-24(28)2)30(20-26-12-5-4-6-13-26)32(36)33-29-15-9-10-16-29/h4-8,11-14,17-19,29-30H,9-10,15-16,20-22H2,1-3H3,(H,33,36)/t30-/m0/s1. The monoisotopic (exact) mass is 482 g/mol. The van der Waals surface area contributed by atoms with Crippen LogP contribution in [0.3, 0.4) is 0 Å². The van der Waals surface area contributed by atoms with Gasteiger partial charge in [-0.05, 0) is 67.0 Å². The molecule has 0 heterocycles. The van der Waals surface area contributed by atoms with E-state index in [-0.39, 0.29) is 24.3 Å². The first-order chi connectivity index (χ1) is 17.4. The predicted molar refractivity (Wildman–Crippen MR) is 146 cm³/mol. The second kappa shape index (κ2) is 12.0. The van der Waals surface area contributed by atoms with Gasteiger partial charge in [0.1, 0.15) is 6.04 Å². The third kappa shape index (κ3) is 6.63. The summed E-state index contributed by atoms with van der Waals surface area (Å²) in [6, 6.07) is 24.0. The summed E-state index contributed by atoms with van der Waals surface area (Å²) in [5, 5.41) is 3.28. The molecule has 188 valence electrons. The Morgan fingerprint density at radius 2 is 1.53 bits per heavy atom. The van der Waals surface area contributed by atoms with Gasteiger partial charge in [0.15, 0.2) is 0 Å². The fourth-order valence-corrected chi connectivity index (χ4v) is 5.08. The minimum Gasteiger partial charge on any atom is -0.352 e. The molecule has 3 aromatic carbocycles. The van der Waals surface area contributed by atoms with Gasteiger partial charge < -0.3 is 10.2 Å². The first kappa shape index (κ1) is 25.7. The van der Waals surface area contributed by atoms with Crippen LogP contribution < -0.4 is 5.32 Å². The Morgan fingerprint density at radius 1 is 0.833 bits per heavy atom. The second-order valence-electron chi connectivity index (χ2n) is 10.2. The summed E-state index contributed by atoms with van der Waals surface area (Å²) < 4.78 is 0. The van der Waals surface area contributed by atoms with E-state index in [9.17, 15) is 9.59 Å². The van der Waals surface area contributed by atoms with Gasteiger partial charge in [0.05, 0.1) is 6.42 Å². The Balaban J connectivity index is 1.67. The average Bonchev–Trinajstić information content (AvgIpc) is 3.38. The molecule has 0 aromatic heterocycles. The molecule has 4 rings (SSSR count). The first-order valence-electron chi connectivity index (χ1n) is 13.1. The van der Waals surface area contributed by atoms with Gasteiger partial charge in [-0.1, -0.05) is 85.6 Å². The lowest BCUT2D eigenvalue weighted by molar-refractivity contribution is -0.141. The molecule has 2 amide bonds. The topological polar surface area (TPSA) is 49.4 Å². The number of carbonyl (C=O) groups excluding carboxylic acids is 2. The molecule has 0 unspecified atom stereocenters. The van der Waals surface area contributed by atoms with Gasteiger partial charge in [0.2, 0.25) is 11.8 Å². The summed E-state index contributed by atoms with van der Waals surface area (Å²) in [6.07, 6.45) is 5.08. The molecule has 36 heavy (non-hydrogen) atoms. The van der Waals surface area contributed by atoms with E-state index in [0.717, 1.165) is 47.9 Å².